The van der Waals surface area contributed by atoms with Crippen molar-refractivity contribution in [2.45, 2.75) is 20.4 Å². The molecule has 0 aliphatic rings. The maximum Gasteiger partial charge on any atom is 0.146 e. The molecule has 0 heterocycles. The van der Waals surface area contributed by atoms with Gasteiger partial charge in [0.15, 0.2) is 0 Å². The lowest BCUT2D eigenvalue weighted by Crippen LogP contribution is -2.02. The summed E-state index contributed by atoms with van der Waals surface area (Å²) < 4.78 is 18.9. The number of hydrogen-bond donors (Lipinski definition) is 1. The third kappa shape index (κ3) is 3.25. The van der Waals surface area contributed by atoms with Gasteiger partial charge in [0.05, 0.1) is 12.8 Å². The number of nitrogens with one attached hydrogen (secondary N) is 1. The topological polar surface area (TPSA) is 21.3 Å². The molecular formula is C16H18FNO. The Hall–Kier alpha value is -2.03. The molecule has 0 radical (unpaired) electrons. The molecule has 0 spiro atoms. The monoisotopic (exact) mass is 259 g/mol. The number of hydrogen-bond acceptors (Lipinski definition) is 2. The second-order valence-corrected chi connectivity index (χ2v) is 4.64. The summed E-state index contributed by atoms with van der Waals surface area (Å²) in [6.45, 7) is 4.46. The van der Waals surface area contributed by atoms with Gasteiger partial charge in [-0.3, -0.25) is 0 Å². The van der Waals surface area contributed by atoms with Gasteiger partial charge in [-0.2, -0.15) is 0 Å². The van der Waals surface area contributed by atoms with E-state index in [4.69, 9.17) is 4.74 Å². The second kappa shape index (κ2) is 5.74. The smallest absolute Gasteiger partial charge is 0.146 e. The lowest BCUT2D eigenvalue weighted by Gasteiger charge is -2.10. The van der Waals surface area contributed by atoms with E-state index in [9.17, 15) is 4.39 Å². The van der Waals surface area contributed by atoms with Crippen LogP contribution in [0.4, 0.5) is 10.1 Å². The number of aryl methyl sites for hydroxylation is 2. The third-order valence-corrected chi connectivity index (χ3v) is 3.07. The molecule has 0 saturated carbocycles. The van der Waals surface area contributed by atoms with Crippen molar-refractivity contribution in [2.24, 2.45) is 0 Å². The van der Waals surface area contributed by atoms with E-state index in [0.29, 0.717) is 12.2 Å². The first kappa shape index (κ1) is 13.4. The maximum absolute atomic E-state index is 13.7. The molecule has 3 heteroatoms. The van der Waals surface area contributed by atoms with E-state index in [2.05, 4.69) is 5.32 Å². The Kier molecular flexibility index (Phi) is 4.05. The van der Waals surface area contributed by atoms with E-state index in [-0.39, 0.29) is 5.82 Å². The fraction of sp³-hybridized carbons (Fsp3) is 0.250. The molecule has 0 unspecified atom stereocenters. The van der Waals surface area contributed by atoms with Crippen molar-refractivity contribution in [3.63, 3.8) is 0 Å². The van der Waals surface area contributed by atoms with Gasteiger partial charge in [-0.25, -0.2) is 4.39 Å². The van der Waals surface area contributed by atoms with Crippen LogP contribution in [0.5, 0.6) is 5.75 Å². The summed E-state index contributed by atoms with van der Waals surface area (Å²) in [5.74, 6) is 0.649. The Morgan fingerprint density at radius 2 is 1.89 bits per heavy atom. The van der Waals surface area contributed by atoms with Crippen LogP contribution in [0.1, 0.15) is 16.7 Å². The molecule has 19 heavy (non-hydrogen) atoms. The zero-order chi connectivity index (χ0) is 13.8. The van der Waals surface area contributed by atoms with Gasteiger partial charge in [0, 0.05) is 6.54 Å². The molecule has 0 aliphatic carbocycles. The predicted molar refractivity (Wildman–Crippen MR) is 76.2 cm³/mol. The minimum absolute atomic E-state index is 0.217. The highest BCUT2D eigenvalue weighted by Crippen LogP contribution is 2.20. The summed E-state index contributed by atoms with van der Waals surface area (Å²) in [5, 5.41) is 3.11. The molecule has 0 fully saturated rings. The number of anilines is 1. The Bertz CT molecular complexity index is 581. The van der Waals surface area contributed by atoms with E-state index in [1.165, 1.54) is 6.07 Å². The van der Waals surface area contributed by atoms with E-state index in [1.54, 1.807) is 13.2 Å². The summed E-state index contributed by atoms with van der Waals surface area (Å²) in [7, 11) is 1.65. The van der Waals surface area contributed by atoms with Crippen LogP contribution >= 0.6 is 0 Å². The summed E-state index contributed by atoms with van der Waals surface area (Å²) in [6.07, 6.45) is 0. The van der Waals surface area contributed by atoms with E-state index in [0.717, 1.165) is 22.4 Å². The number of halogens is 1. The Morgan fingerprint density at radius 1 is 1.11 bits per heavy atom. The largest absolute Gasteiger partial charge is 0.496 e. The van der Waals surface area contributed by atoms with Gasteiger partial charge in [-0.05, 0) is 48.7 Å². The van der Waals surface area contributed by atoms with Crippen LogP contribution in [-0.4, -0.2) is 7.11 Å². The molecule has 1 N–H and O–H groups in total. The van der Waals surface area contributed by atoms with Gasteiger partial charge >= 0.3 is 0 Å². The van der Waals surface area contributed by atoms with Crippen molar-refractivity contribution in [3.05, 3.63) is 58.9 Å². The fourth-order valence-electron chi connectivity index (χ4n) is 2.01. The molecule has 2 nitrogen and oxygen atoms in total. The summed E-state index contributed by atoms with van der Waals surface area (Å²) in [5.41, 5.74) is 3.62. The second-order valence-electron chi connectivity index (χ2n) is 4.64. The predicted octanol–water partition coefficient (Wildman–Crippen LogP) is 4.06. The van der Waals surface area contributed by atoms with Crippen molar-refractivity contribution in [1.82, 2.24) is 0 Å². The SMILES string of the molecule is COc1ccc(CNc2ccc(C)cc2F)cc1C. The molecule has 0 aromatic heterocycles. The first-order valence-corrected chi connectivity index (χ1v) is 6.23. The van der Waals surface area contributed by atoms with Crippen molar-refractivity contribution in [3.8, 4) is 5.75 Å². The molecule has 0 bridgehead atoms. The number of methoxy groups -OCH3 is 1. The van der Waals surface area contributed by atoms with Gasteiger partial charge in [0.2, 0.25) is 0 Å². The molecule has 0 amide bonds. The highest BCUT2D eigenvalue weighted by atomic mass is 19.1. The van der Waals surface area contributed by atoms with Crippen LogP contribution < -0.4 is 10.1 Å². The normalized spacial score (nSPS) is 10.3. The highest BCUT2D eigenvalue weighted by molar-refractivity contribution is 5.47. The van der Waals surface area contributed by atoms with E-state index in [1.807, 2.05) is 38.1 Å². The van der Waals surface area contributed by atoms with Crippen LogP contribution in [0.3, 0.4) is 0 Å². The summed E-state index contributed by atoms with van der Waals surface area (Å²) in [4.78, 5) is 0. The standard InChI is InChI=1S/C16H18FNO/c1-11-4-6-15(14(17)8-11)18-10-13-5-7-16(19-3)12(2)9-13/h4-9,18H,10H2,1-3H3. The molecule has 0 saturated heterocycles. The fourth-order valence-corrected chi connectivity index (χ4v) is 2.01. The van der Waals surface area contributed by atoms with Crippen molar-refractivity contribution in [1.29, 1.82) is 0 Å². The average molecular weight is 259 g/mol. The minimum atomic E-state index is -0.217. The highest BCUT2D eigenvalue weighted by Gasteiger charge is 2.03. The molecule has 2 aromatic carbocycles. The van der Waals surface area contributed by atoms with Crippen molar-refractivity contribution >= 4 is 5.69 Å². The first-order chi connectivity index (χ1) is 9.10. The molecule has 0 atom stereocenters. The Morgan fingerprint density at radius 3 is 2.53 bits per heavy atom. The lowest BCUT2D eigenvalue weighted by atomic mass is 10.1. The zero-order valence-electron chi connectivity index (χ0n) is 11.5. The number of rotatable bonds is 4. The maximum atomic E-state index is 13.7. The van der Waals surface area contributed by atoms with Crippen molar-refractivity contribution < 1.29 is 9.13 Å². The molecule has 0 aliphatic heterocycles. The lowest BCUT2D eigenvalue weighted by molar-refractivity contribution is 0.411. The van der Waals surface area contributed by atoms with Crippen LogP contribution in [0.25, 0.3) is 0 Å². The van der Waals surface area contributed by atoms with E-state index < -0.39 is 0 Å². The van der Waals surface area contributed by atoms with Gasteiger partial charge in [0.1, 0.15) is 11.6 Å². The summed E-state index contributed by atoms with van der Waals surface area (Å²) >= 11 is 0. The average Bonchev–Trinajstić information content (AvgIpc) is 2.38. The van der Waals surface area contributed by atoms with Crippen LogP contribution in [0.15, 0.2) is 36.4 Å². The number of benzene rings is 2. The number of ether oxygens (including phenoxy) is 1. The van der Waals surface area contributed by atoms with Crippen LogP contribution in [0.2, 0.25) is 0 Å². The first-order valence-electron chi connectivity index (χ1n) is 6.23. The Balaban J connectivity index is 2.08. The van der Waals surface area contributed by atoms with Gasteiger partial charge in [0.25, 0.3) is 0 Å². The molecule has 100 valence electrons. The van der Waals surface area contributed by atoms with Gasteiger partial charge in [-0.1, -0.05) is 18.2 Å². The molecule has 2 aromatic rings. The Labute approximate surface area is 113 Å². The van der Waals surface area contributed by atoms with Gasteiger partial charge in [-0.15, -0.1) is 0 Å². The van der Waals surface area contributed by atoms with Gasteiger partial charge < -0.3 is 10.1 Å². The zero-order valence-corrected chi connectivity index (χ0v) is 11.5. The van der Waals surface area contributed by atoms with E-state index >= 15 is 0 Å². The minimum Gasteiger partial charge on any atom is -0.496 e. The van der Waals surface area contributed by atoms with Crippen LogP contribution in [0, 0.1) is 19.7 Å². The third-order valence-electron chi connectivity index (χ3n) is 3.07. The molecular weight excluding hydrogens is 241 g/mol. The quantitative estimate of drug-likeness (QED) is 0.894. The summed E-state index contributed by atoms with van der Waals surface area (Å²) in [6, 6.07) is 11.1. The van der Waals surface area contributed by atoms with Crippen LogP contribution in [-0.2, 0) is 6.54 Å². The van der Waals surface area contributed by atoms with Crippen molar-refractivity contribution in [2.75, 3.05) is 12.4 Å². The molecule has 2 rings (SSSR count).